The van der Waals surface area contributed by atoms with Crippen LogP contribution < -0.4 is 37.1 Å². The molecule has 6 rings (SSSR count). The van der Waals surface area contributed by atoms with E-state index < -0.39 is 88.7 Å². The third-order valence-electron chi connectivity index (χ3n) is 7.21. The molecule has 26 heteroatoms. The van der Waals surface area contributed by atoms with Crippen LogP contribution in [0.2, 0.25) is 0 Å². The molecule has 6 aromatic rings. The predicted octanol–water partition coefficient (Wildman–Crippen LogP) is 2.05. The zero-order chi connectivity index (χ0) is 42.2. The van der Waals surface area contributed by atoms with Gasteiger partial charge in [-0.25, -0.2) is 33.7 Å². The van der Waals surface area contributed by atoms with E-state index in [0.29, 0.717) is 0 Å². The summed E-state index contributed by atoms with van der Waals surface area (Å²) in [6.45, 7) is -1.06. The lowest BCUT2D eigenvalue weighted by atomic mass is 10.1. The molecule has 0 fully saturated rings. The third-order valence-corrected chi connectivity index (χ3v) is 8.79. The third kappa shape index (κ3) is 10.8. The second-order valence-electron chi connectivity index (χ2n) is 11.3. The lowest BCUT2D eigenvalue weighted by Crippen LogP contribution is -2.14. The van der Waals surface area contributed by atoms with E-state index in [1.807, 2.05) is 0 Å². The highest BCUT2D eigenvalue weighted by atomic mass is 32.3. The topological polar surface area (TPSA) is 345 Å². The average Bonchev–Trinajstić information content (AvgIpc) is 3.07. The fourth-order valence-corrected chi connectivity index (χ4v) is 6.55. The van der Waals surface area contributed by atoms with Gasteiger partial charge in [0.15, 0.2) is 10.9 Å². The van der Waals surface area contributed by atoms with Crippen LogP contribution in [-0.4, -0.2) is 65.1 Å². The zero-order valence-corrected chi connectivity index (χ0v) is 31.4. The van der Waals surface area contributed by atoms with E-state index in [-0.39, 0.29) is 56.1 Å². The van der Waals surface area contributed by atoms with Crippen molar-refractivity contribution >= 4 is 63.5 Å². The molecule has 0 saturated heterocycles. The van der Waals surface area contributed by atoms with Crippen LogP contribution in [0.1, 0.15) is 0 Å². The Labute approximate surface area is 325 Å². The summed E-state index contributed by atoms with van der Waals surface area (Å²) in [4.78, 5) is 26.6. The van der Waals surface area contributed by atoms with Gasteiger partial charge in [0.2, 0.25) is 0 Å². The van der Waals surface area contributed by atoms with Crippen molar-refractivity contribution in [3.63, 3.8) is 0 Å². The van der Waals surface area contributed by atoms with Crippen molar-refractivity contribution in [2.45, 2.75) is 0 Å². The van der Waals surface area contributed by atoms with Crippen molar-refractivity contribution in [3.05, 3.63) is 105 Å². The van der Waals surface area contributed by atoms with Gasteiger partial charge in [0, 0.05) is 47.5 Å². The molecular weight excluding hydrogens is 865 g/mol. The molecule has 58 heavy (non-hydrogen) atoms. The molecule has 2 heterocycles. The predicted molar refractivity (Wildman–Crippen MR) is 188 cm³/mol. The van der Waals surface area contributed by atoms with Crippen molar-refractivity contribution in [1.82, 2.24) is 0 Å². The van der Waals surface area contributed by atoms with Crippen LogP contribution in [0.5, 0.6) is 34.5 Å². The summed E-state index contributed by atoms with van der Waals surface area (Å²) in [6, 6.07) is 14.6. The highest BCUT2D eigenvalue weighted by molar-refractivity contribution is 7.81. The van der Waals surface area contributed by atoms with Gasteiger partial charge in [-0.3, -0.25) is 9.59 Å². The van der Waals surface area contributed by atoms with Gasteiger partial charge in [-0.2, -0.15) is 0 Å². The molecule has 2 aromatic heterocycles. The van der Waals surface area contributed by atoms with Crippen molar-refractivity contribution in [2.24, 2.45) is 0 Å². The Kier molecular flexibility index (Phi) is 11.1. The smallest absolute Gasteiger partial charge is 0.262 e. The first-order valence-electron chi connectivity index (χ1n) is 15.3. The first kappa shape index (κ1) is 41.4. The summed E-state index contributed by atoms with van der Waals surface area (Å²) in [5.41, 5.74) is -2.02. The maximum absolute atomic E-state index is 13.3. The quantitative estimate of drug-likeness (QED) is 0.0809. The zero-order valence-electron chi connectivity index (χ0n) is 28.1. The van der Waals surface area contributed by atoms with Crippen LogP contribution in [0.15, 0.2) is 103 Å². The first-order valence-corrected chi connectivity index (χ1v) is 20.6. The van der Waals surface area contributed by atoms with Gasteiger partial charge >= 0.3 is 0 Å². The minimum Gasteiger partial charge on any atom is -0.716 e. The Balaban J connectivity index is 1.30. The first-order chi connectivity index (χ1) is 27.0. The molecule has 306 valence electrons. The molecule has 0 atom stereocenters. The molecule has 0 spiro atoms. The minimum atomic E-state index is -5.38. The maximum Gasteiger partial charge on any atom is 0.262 e. The molecule has 0 radical (unpaired) electrons. The van der Waals surface area contributed by atoms with Crippen LogP contribution in [0.4, 0.5) is 0 Å². The van der Waals surface area contributed by atoms with E-state index in [1.165, 1.54) is 24.3 Å². The Bertz CT molecular complexity index is 2920. The summed E-state index contributed by atoms with van der Waals surface area (Å²) in [5, 5.41) is -0.610. The summed E-state index contributed by atoms with van der Waals surface area (Å²) in [6.07, 6.45) is 0. The largest absolute Gasteiger partial charge is 0.716 e. The highest BCUT2D eigenvalue weighted by Crippen LogP contribution is 2.35. The second kappa shape index (κ2) is 15.6. The monoisotopic (exact) mass is 882 g/mol. The van der Waals surface area contributed by atoms with Crippen LogP contribution in [-0.2, 0) is 41.6 Å². The molecule has 0 saturated carbocycles. The van der Waals surface area contributed by atoms with Crippen LogP contribution in [0.3, 0.4) is 0 Å². The fraction of sp³-hybridized carbons (Fsp3) is 0.0625. The standard InChI is InChI=1S/C32H22O22S4/c33-23-15-25(17-1-5-19(6-2-17)51-55(35,36)37)49-29-13-21(53-57(41,42)43)11-27(31(23)29)47-9-10-48-28-12-22(54-58(44,45)46)14-30-32(28)24(34)16-26(50-30)18-3-7-20(8-4-18)52-56(38,39)40/h1-8,11-16H,9-10H2,(H,35,36,37)(H,38,39,40)(H,41,42,43)(H,44,45,46)/p-4. The summed E-state index contributed by atoms with van der Waals surface area (Å²) in [7, 11) is -20.9. The highest BCUT2D eigenvalue weighted by Gasteiger charge is 2.19. The number of fused-ring (bicyclic) bond motifs is 2. The van der Waals surface area contributed by atoms with Gasteiger partial charge in [-0.1, -0.05) is 0 Å². The molecular formula is C32H18O22S4-4. The van der Waals surface area contributed by atoms with Crippen molar-refractivity contribution in [1.29, 1.82) is 0 Å². The summed E-state index contributed by atoms with van der Waals surface area (Å²) >= 11 is 0. The number of ether oxygens (including phenoxy) is 2. The van der Waals surface area contributed by atoms with Crippen LogP contribution >= 0.6 is 0 Å². The summed E-state index contributed by atoms with van der Waals surface area (Å²) < 4.78 is 174. The normalized spacial score (nSPS) is 12.3. The van der Waals surface area contributed by atoms with E-state index in [2.05, 4.69) is 16.7 Å². The van der Waals surface area contributed by atoms with Crippen molar-refractivity contribution in [3.8, 4) is 57.1 Å². The number of hydrogen-bond acceptors (Lipinski definition) is 22. The average molecular weight is 883 g/mol. The van der Waals surface area contributed by atoms with E-state index >= 15 is 0 Å². The minimum absolute atomic E-state index is 0.147. The van der Waals surface area contributed by atoms with Gasteiger partial charge < -0.3 is 53.3 Å². The Morgan fingerprint density at radius 3 is 1.05 bits per heavy atom. The fourth-order valence-electron chi connectivity index (χ4n) is 5.19. The van der Waals surface area contributed by atoms with Gasteiger partial charge in [-0.05, 0) is 48.5 Å². The van der Waals surface area contributed by atoms with Gasteiger partial charge in [0.05, 0.1) is 0 Å². The molecule has 0 aliphatic heterocycles. The molecule has 4 aromatic carbocycles. The Morgan fingerprint density at radius 2 is 0.741 bits per heavy atom. The van der Waals surface area contributed by atoms with Crippen LogP contribution in [0, 0.1) is 0 Å². The summed E-state index contributed by atoms with van der Waals surface area (Å²) in [5.74, 6) is -3.18. The van der Waals surface area contributed by atoms with E-state index in [4.69, 9.17) is 18.3 Å². The molecule has 0 aliphatic rings. The number of benzene rings is 4. The number of hydrogen-bond donors (Lipinski definition) is 0. The molecule has 0 amide bonds. The lowest BCUT2D eigenvalue weighted by Gasteiger charge is -2.15. The molecule has 0 aliphatic carbocycles. The molecule has 0 N–H and O–H groups in total. The van der Waals surface area contributed by atoms with E-state index in [0.717, 1.165) is 60.7 Å². The van der Waals surface area contributed by atoms with E-state index in [9.17, 15) is 61.5 Å². The van der Waals surface area contributed by atoms with Crippen molar-refractivity contribution < 1.29 is 86.9 Å². The number of rotatable bonds is 15. The van der Waals surface area contributed by atoms with Gasteiger partial charge in [0.25, 0.3) is 41.6 Å². The van der Waals surface area contributed by atoms with E-state index in [1.54, 1.807) is 0 Å². The lowest BCUT2D eigenvalue weighted by molar-refractivity contribution is 0.219. The van der Waals surface area contributed by atoms with Gasteiger partial charge in [0.1, 0.15) is 81.2 Å². The second-order valence-corrected chi connectivity index (χ2v) is 15.2. The SMILES string of the molecule is O=c1cc(-c2ccc(OS(=O)(=O)[O-])cc2)oc2cc(OS(=O)(=O)[O-])cc(OCCOc3cc(OS(=O)(=O)[O-])cc4oc(-c5ccc(OS(=O)(=O)[O-])cc5)cc(=O)c34)c12. The Morgan fingerprint density at radius 1 is 0.431 bits per heavy atom. The Hall–Kier alpha value is -6.26. The van der Waals surface area contributed by atoms with Gasteiger partial charge in [-0.15, -0.1) is 0 Å². The maximum atomic E-state index is 13.3. The van der Waals surface area contributed by atoms with Crippen LogP contribution in [0.25, 0.3) is 44.6 Å². The van der Waals surface area contributed by atoms with Crippen molar-refractivity contribution in [2.75, 3.05) is 13.2 Å². The molecule has 0 bridgehead atoms. The molecule has 22 nitrogen and oxygen atoms in total. The molecule has 0 unspecified atom stereocenters.